The molecule has 1 aliphatic heterocycles. The molecule has 1 aromatic carbocycles. The molecule has 2 rings (SSSR count). The minimum absolute atomic E-state index is 0.0713. The van der Waals surface area contributed by atoms with Gasteiger partial charge in [-0.3, -0.25) is 71.9 Å². The molecule has 13 atom stereocenters. The van der Waals surface area contributed by atoms with Crippen molar-refractivity contribution in [3.8, 4) is 0 Å². The van der Waals surface area contributed by atoms with Gasteiger partial charge in [0, 0.05) is 25.8 Å². The van der Waals surface area contributed by atoms with Gasteiger partial charge in [-0.05, 0) is 112 Å². The summed E-state index contributed by atoms with van der Waals surface area (Å²) in [4.78, 5) is 216. The lowest BCUT2D eigenvalue weighted by Crippen LogP contribution is -2.61. The predicted octanol–water partition coefficient (Wildman–Crippen LogP) is -3.09. The summed E-state index contributed by atoms with van der Waals surface area (Å²) >= 11 is 1.37. The second-order valence-corrected chi connectivity index (χ2v) is 27.3. The van der Waals surface area contributed by atoms with Crippen LogP contribution in [0.5, 0.6) is 0 Å². The number of carbonyl (C=O) groups excluding carboxylic acids is 14. The number of benzene rings is 1. The van der Waals surface area contributed by atoms with Crippen LogP contribution in [-0.2, 0) is 83.1 Å². The van der Waals surface area contributed by atoms with E-state index in [4.69, 9.17) is 28.0 Å². The largest absolute Gasteiger partial charge is 0.481 e. The maximum absolute atomic E-state index is 14.3. The number of hydrogen-bond acceptors (Lipinski definition) is 19. The number of unbranched alkanes of at least 4 members (excludes halogenated alkanes) is 1. The zero-order valence-corrected chi connectivity index (χ0v) is 60.3. The Hall–Kier alpha value is -8.99. The van der Waals surface area contributed by atoms with Gasteiger partial charge in [0.15, 0.2) is 0 Å². The van der Waals surface area contributed by atoms with Crippen molar-refractivity contribution in [3.63, 3.8) is 0 Å². The van der Waals surface area contributed by atoms with Crippen molar-refractivity contribution in [2.45, 2.75) is 225 Å². The van der Waals surface area contributed by atoms with E-state index in [1.54, 1.807) is 92.0 Å². The zero-order valence-electron chi connectivity index (χ0n) is 59.4. The average molecular weight is 1450 g/mol. The molecule has 101 heavy (non-hydrogen) atoms. The van der Waals surface area contributed by atoms with Crippen LogP contribution in [0.1, 0.15) is 151 Å². The lowest BCUT2D eigenvalue weighted by molar-refractivity contribution is -0.146. The number of aliphatic carboxylic acids is 2. The minimum Gasteiger partial charge on any atom is -0.481 e. The van der Waals surface area contributed by atoms with Crippen molar-refractivity contribution in [1.29, 1.82) is 0 Å². The van der Waals surface area contributed by atoms with Crippen LogP contribution in [0.15, 0.2) is 30.3 Å². The molecule has 1 aromatic rings. The average Bonchev–Trinajstić information content (AvgIpc) is 1.73. The number of thioether (sulfide) groups is 1. The number of nitrogens with two attached hydrogens (primary N) is 4. The van der Waals surface area contributed by atoms with E-state index in [9.17, 15) is 81.8 Å². The molecule has 21 N–H and O–H groups in total. The lowest BCUT2D eigenvalue weighted by atomic mass is 9.97. The predicted molar refractivity (Wildman–Crippen MR) is 372 cm³/mol. The topological polar surface area (TPSA) is 553 Å². The van der Waals surface area contributed by atoms with E-state index in [1.807, 2.05) is 0 Å². The van der Waals surface area contributed by atoms with Gasteiger partial charge in [-0.25, -0.2) is 4.79 Å². The molecule has 0 aliphatic carbocycles. The standard InChI is InChI=1S/C66H108N16O18S/c1-11-37(8)54(65(98)82-28-17-21-47(82)63(96)81-53(36(6)7)66(99)100)79-50(85)33-71-57(90)41(20-15-16-27-67)74-58(91)42(23-24-48(69)83)75-61(94)46(32-49(70)84)78-60(93)44(30-34(2)3)76-55(88)38(9)72-64(97)52(35(4)5)80-62(95)45(31-39-18-13-12-14-19-39)77-59(92)43(26-29-101-10)73-56(89)40(68)22-25-51(86)87/h12-14,18-19,34-38,40-47,52-54H,11,15-17,20-33,67-68H2,1-10H3,(H2,69,83)(H2,70,84)(H,71,90)(H,72,97)(H,73,89)(H,74,91)(H,75,94)(H,76,88)(H,77,92)(H,78,93)(H,79,85)(H,80,95)(H,81,96)(H,86,87)(H,99,100)/t37-,38-,40-,41-,42-,43-,44-,45-,46-,47-,52-,53-,54-/m0/s1. The minimum atomic E-state index is -1.84. The summed E-state index contributed by atoms with van der Waals surface area (Å²) in [6, 6.07) is -7.84. The number of carboxylic acids is 2. The summed E-state index contributed by atoms with van der Waals surface area (Å²) in [5.41, 5.74) is 23.3. The molecule has 1 aliphatic rings. The molecule has 0 aromatic heterocycles. The number of hydrogen-bond donors (Lipinski definition) is 17. The molecule has 0 bridgehead atoms. The highest BCUT2D eigenvalue weighted by atomic mass is 32.2. The molecule has 1 heterocycles. The summed E-state index contributed by atoms with van der Waals surface area (Å²) in [6.07, 6.45) is 0.839. The fourth-order valence-corrected chi connectivity index (χ4v) is 11.1. The molecular weight excluding hydrogens is 1340 g/mol. The monoisotopic (exact) mass is 1440 g/mol. The quantitative estimate of drug-likeness (QED) is 0.0288. The van der Waals surface area contributed by atoms with Gasteiger partial charge in [-0.2, -0.15) is 11.8 Å². The lowest BCUT2D eigenvalue weighted by Gasteiger charge is -2.32. The third-order valence-corrected chi connectivity index (χ3v) is 17.4. The Kier molecular flexibility index (Phi) is 39.2. The smallest absolute Gasteiger partial charge is 0.326 e. The SMILES string of the molecule is CC[C@H](C)[C@H](NC(=O)CNC(=O)[C@H](CCCCN)NC(=O)[C@H](CCC(N)=O)NC(=O)[C@H](CC(N)=O)NC(=O)[C@H](CC(C)C)NC(=O)[C@H](C)NC(=O)[C@@H](NC(=O)[C@H](Cc1ccccc1)NC(=O)[C@H](CCSC)NC(=O)[C@@H](N)CCC(=O)O)C(C)C)C(=O)N1CCC[C@H]1C(=O)N[C@H](C(=O)O)C(C)C. The summed E-state index contributed by atoms with van der Waals surface area (Å²) in [5.74, 6) is -16.4. The molecule has 35 heteroatoms. The van der Waals surface area contributed by atoms with E-state index >= 15 is 0 Å². The highest BCUT2D eigenvalue weighted by Gasteiger charge is 2.42. The van der Waals surface area contributed by atoms with Gasteiger partial charge in [0.1, 0.15) is 66.5 Å². The van der Waals surface area contributed by atoms with E-state index in [1.165, 1.54) is 23.6 Å². The third-order valence-electron chi connectivity index (χ3n) is 16.7. The number of likely N-dealkylation sites (tertiary alicyclic amines) is 1. The van der Waals surface area contributed by atoms with Gasteiger partial charge in [0.25, 0.3) is 0 Å². The number of carbonyl (C=O) groups is 16. The first-order chi connectivity index (χ1) is 47.5. The van der Waals surface area contributed by atoms with Crippen LogP contribution in [0.4, 0.5) is 0 Å². The van der Waals surface area contributed by atoms with Crippen molar-refractivity contribution in [2.24, 2.45) is 46.6 Å². The van der Waals surface area contributed by atoms with Gasteiger partial charge in [0.2, 0.25) is 82.7 Å². The van der Waals surface area contributed by atoms with E-state index in [2.05, 4.69) is 58.5 Å². The van der Waals surface area contributed by atoms with Gasteiger partial charge >= 0.3 is 11.9 Å². The van der Waals surface area contributed by atoms with E-state index in [0.29, 0.717) is 30.6 Å². The molecule has 566 valence electrons. The summed E-state index contributed by atoms with van der Waals surface area (Å²) < 4.78 is 0. The number of nitrogens with zero attached hydrogens (tertiary/aromatic N) is 1. The Morgan fingerprint density at radius 3 is 1.65 bits per heavy atom. The van der Waals surface area contributed by atoms with Crippen molar-refractivity contribution < 1.29 is 86.9 Å². The molecule has 34 nitrogen and oxygen atoms in total. The van der Waals surface area contributed by atoms with Crippen molar-refractivity contribution in [1.82, 2.24) is 63.4 Å². The van der Waals surface area contributed by atoms with Crippen LogP contribution >= 0.6 is 11.8 Å². The van der Waals surface area contributed by atoms with Crippen LogP contribution in [0.2, 0.25) is 0 Å². The van der Waals surface area contributed by atoms with Crippen molar-refractivity contribution in [3.05, 3.63) is 35.9 Å². The summed E-state index contributed by atoms with van der Waals surface area (Å²) in [7, 11) is 0. The van der Waals surface area contributed by atoms with Crippen LogP contribution < -0.4 is 81.4 Å². The third kappa shape index (κ3) is 31.6. The Morgan fingerprint density at radius 2 is 1.11 bits per heavy atom. The number of carboxylic acid groups (broad SMARTS) is 2. The maximum Gasteiger partial charge on any atom is 0.326 e. The Bertz CT molecular complexity index is 3020. The molecule has 0 unspecified atom stereocenters. The first-order valence-electron chi connectivity index (χ1n) is 34.1. The normalized spacial score (nSPS) is 16.3. The second-order valence-electron chi connectivity index (χ2n) is 26.3. The van der Waals surface area contributed by atoms with Gasteiger partial charge < -0.3 is 96.5 Å². The number of primary amides is 2. The molecular formula is C66H108N16O18S. The zero-order chi connectivity index (χ0) is 76.4. The molecule has 0 radical (unpaired) electrons. The van der Waals surface area contributed by atoms with Gasteiger partial charge in [-0.1, -0.05) is 92.1 Å². The molecule has 1 fully saturated rings. The maximum atomic E-state index is 14.3. The van der Waals surface area contributed by atoms with Gasteiger partial charge in [0.05, 0.1) is 19.0 Å². The highest BCUT2D eigenvalue weighted by Crippen LogP contribution is 2.23. The first-order valence-corrected chi connectivity index (χ1v) is 35.5. The molecule has 14 amide bonds. The Morgan fingerprint density at radius 1 is 0.564 bits per heavy atom. The number of amides is 14. The summed E-state index contributed by atoms with van der Waals surface area (Å²) in [5, 5.41) is 46.7. The highest BCUT2D eigenvalue weighted by molar-refractivity contribution is 7.98. The second kappa shape index (κ2) is 45.0. The number of rotatable bonds is 47. The molecule has 1 saturated heterocycles. The Labute approximate surface area is 593 Å². The van der Waals surface area contributed by atoms with Crippen LogP contribution in [0, 0.1) is 23.7 Å². The number of nitrogens with one attached hydrogen (secondary N) is 11. The van der Waals surface area contributed by atoms with Crippen LogP contribution in [0.3, 0.4) is 0 Å². The molecule has 0 spiro atoms. The van der Waals surface area contributed by atoms with E-state index < -0.39 is 217 Å². The summed E-state index contributed by atoms with van der Waals surface area (Å²) in [6.45, 7) is 14.2. The van der Waals surface area contributed by atoms with Crippen molar-refractivity contribution in [2.75, 3.05) is 31.6 Å². The van der Waals surface area contributed by atoms with Crippen molar-refractivity contribution >= 4 is 106 Å². The fraction of sp³-hybridized carbons (Fsp3) is 0.667. The first kappa shape index (κ1) is 88.1. The van der Waals surface area contributed by atoms with Crippen LogP contribution in [0.25, 0.3) is 0 Å². The molecule has 0 saturated carbocycles. The van der Waals surface area contributed by atoms with E-state index in [0.717, 1.165) is 0 Å². The van der Waals surface area contributed by atoms with Gasteiger partial charge in [-0.15, -0.1) is 0 Å². The fourth-order valence-electron chi connectivity index (χ4n) is 10.7. The van der Waals surface area contributed by atoms with Crippen LogP contribution in [-0.4, -0.2) is 214 Å². The Balaban J connectivity index is 2.35. The van der Waals surface area contributed by atoms with E-state index in [-0.39, 0.29) is 64.0 Å².